The summed E-state index contributed by atoms with van der Waals surface area (Å²) in [6.45, 7) is 6.58. The van der Waals surface area contributed by atoms with Gasteiger partial charge in [0.2, 0.25) is 0 Å². The normalized spacial score (nSPS) is 13.1. The van der Waals surface area contributed by atoms with Crippen molar-refractivity contribution in [2.24, 2.45) is 4.99 Å². The highest BCUT2D eigenvalue weighted by Crippen LogP contribution is 2.19. The fourth-order valence-corrected chi connectivity index (χ4v) is 3.91. The van der Waals surface area contributed by atoms with Gasteiger partial charge >= 0.3 is 0 Å². The van der Waals surface area contributed by atoms with Crippen LogP contribution in [0.4, 0.5) is 5.69 Å². The molecule has 160 valence electrons. The molecule has 0 aromatic heterocycles. The molecule has 0 unspecified atom stereocenters. The first-order valence-corrected chi connectivity index (χ1v) is 11.6. The molecule has 4 heteroatoms. The van der Waals surface area contributed by atoms with Gasteiger partial charge in [-0.05, 0) is 18.9 Å². The molecule has 1 aliphatic rings. The summed E-state index contributed by atoms with van der Waals surface area (Å²) in [6.07, 6.45) is 19.1. The molecule has 2 N–H and O–H groups in total. The van der Waals surface area contributed by atoms with E-state index in [1.54, 1.807) is 0 Å². The monoisotopic (exact) mass is 407 g/mol. The predicted molar refractivity (Wildman–Crippen MR) is 119 cm³/mol. The minimum Gasteiger partial charge on any atom is -1.00 e. The second-order valence-corrected chi connectivity index (χ2v) is 8.01. The van der Waals surface area contributed by atoms with Crippen LogP contribution in [0.3, 0.4) is 0 Å². The average Bonchev–Trinajstić information content (AvgIpc) is 3.23. The Balaban J connectivity index is 0.00000392. The van der Waals surface area contributed by atoms with Crippen molar-refractivity contribution in [3.05, 3.63) is 29.8 Å². The van der Waals surface area contributed by atoms with Crippen molar-refractivity contribution in [3.8, 4) is 0 Å². The van der Waals surface area contributed by atoms with Crippen molar-refractivity contribution >= 4 is 12.0 Å². The number of unbranched alkanes of at least 4 members (excludes halogenated alkanes) is 11. The van der Waals surface area contributed by atoms with Crippen LogP contribution in [-0.2, 0) is 6.54 Å². The van der Waals surface area contributed by atoms with Crippen LogP contribution in [0.25, 0.3) is 0 Å². The molecule has 1 heterocycles. The highest BCUT2D eigenvalue weighted by molar-refractivity contribution is 5.82. The van der Waals surface area contributed by atoms with Crippen molar-refractivity contribution in [2.45, 2.75) is 90.5 Å². The van der Waals surface area contributed by atoms with Crippen LogP contribution in [0.5, 0.6) is 0 Å². The Morgan fingerprint density at radius 2 is 1.46 bits per heavy atom. The van der Waals surface area contributed by atoms with Gasteiger partial charge in [-0.25, -0.2) is 0 Å². The van der Waals surface area contributed by atoms with Gasteiger partial charge in [0.05, 0.1) is 25.1 Å². The van der Waals surface area contributed by atoms with Crippen molar-refractivity contribution in [2.75, 3.05) is 24.5 Å². The molecule has 0 fully saturated rings. The molecule has 0 spiro atoms. The van der Waals surface area contributed by atoms with Gasteiger partial charge in [-0.2, -0.15) is 0 Å². The predicted octanol–water partition coefficient (Wildman–Crippen LogP) is 2.30. The summed E-state index contributed by atoms with van der Waals surface area (Å²) in [4.78, 5) is 6.63. The van der Waals surface area contributed by atoms with Crippen molar-refractivity contribution in [1.82, 2.24) is 0 Å². The van der Waals surface area contributed by atoms with Crippen molar-refractivity contribution < 1.29 is 17.7 Å². The Morgan fingerprint density at radius 1 is 0.857 bits per heavy atom. The van der Waals surface area contributed by atoms with E-state index in [-0.39, 0.29) is 12.4 Å². The number of quaternary nitrogens is 1. The quantitative estimate of drug-likeness (QED) is 0.419. The van der Waals surface area contributed by atoms with E-state index >= 15 is 0 Å². The van der Waals surface area contributed by atoms with Gasteiger partial charge in [0.1, 0.15) is 6.54 Å². The van der Waals surface area contributed by atoms with E-state index in [0.717, 1.165) is 19.6 Å². The Kier molecular flexibility index (Phi) is 15.0. The van der Waals surface area contributed by atoms with Crippen molar-refractivity contribution in [3.63, 3.8) is 0 Å². The van der Waals surface area contributed by atoms with Crippen LogP contribution in [0.2, 0.25) is 0 Å². The van der Waals surface area contributed by atoms with E-state index in [9.17, 15) is 0 Å². The third-order valence-corrected chi connectivity index (χ3v) is 5.62. The zero-order valence-corrected chi connectivity index (χ0v) is 18.8. The number of nitrogens with zero attached hydrogens (tertiary/aromatic N) is 2. The lowest BCUT2D eigenvalue weighted by Crippen LogP contribution is -3.00. The molecule has 1 aromatic carbocycles. The van der Waals surface area contributed by atoms with Gasteiger partial charge in [-0.3, -0.25) is 4.99 Å². The molecule has 1 aliphatic heterocycles. The van der Waals surface area contributed by atoms with Gasteiger partial charge in [0, 0.05) is 12.1 Å². The highest BCUT2D eigenvalue weighted by atomic mass is 35.5. The number of para-hydroxylation sites is 1. The molecule has 0 saturated heterocycles. The van der Waals surface area contributed by atoms with Crippen LogP contribution in [-0.4, -0.2) is 26.0 Å². The third-order valence-electron chi connectivity index (χ3n) is 5.62. The summed E-state index contributed by atoms with van der Waals surface area (Å²) in [5.41, 5.74) is 2.77. The standard InChI is InChI=1S/C24H41N3.ClH/c1-2-3-4-5-6-7-8-9-10-11-12-15-18-25-21-23-16-13-14-17-24(23)27-20-19-26-22-27;/h13-14,16-17,22,25H,2-12,15,18-21H2,1H3;1H. The van der Waals surface area contributed by atoms with Gasteiger partial charge < -0.3 is 22.6 Å². The number of benzene rings is 1. The number of halogens is 1. The van der Waals surface area contributed by atoms with Crippen LogP contribution in [0, 0.1) is 0 Å². The lowest BCUT2D eigenvalue weighted by Gasteiger charge is -2.17. The molecular weight excluding hydrogens is 366 g/mol. The number of hydrogen-bond donors (Lipinski definition) is 1. The van der Waals surface area contributed by atoms with Crippen LogP contribution >= 0.6 is 0 Å². The molecule has 3 nitrogen and oxygen atoms in total. The van der Waals surface area contributed by atoms with E-state index in [1.165, 1.54) is 94.8 Å². The molecule has 0 aliphatic carbocycles. The van der Waals surface area contributed by atoms with Crippen LogP contribution < -0.4 is 22.6 Å². The molecule has 28 heavy (non-hydrogen) atoms. The number of anilines is 1. The van der Waals surface area contributed by atoms with Crippen LogP contribution in [0.1, 0.15) is 89.5 Å². The first kappa shape index (κ1) is 25.0. The molecular formula is C24H42ClN3. The fourth-order valence-electron chi connectivity index (χ4n) is 3.91. The van der Waals surface area contributed by atoms with E-state index in [0.29, 0.717) is 0 Å². The molecule has 0 amide bonds. The lowest BCUT2D eigenvalue weighted by molar-refractivity contribution is -0.670. The Labute approximate surface area is 179 Å². The SMILES string of the molecule is CCCCCCCCCCCCCC[NH2+]Cc1ccccc1N1C=NCC1.[Cl-]. The number of hydrogen-bond acceptors (Lipinski definition) is 2. The molecule has 0 saturated carbocycles. The second-order valence-electron chi connectivity index (χ2n) is 8.01. The van der Waals surface area contributed by atoms with E-state index < -0.39 is 0 Å². The summed E-state index contributed by atoms with van der Waals surface area (Å²) in [5.74, 6) is 0. The highest BCUT2D eigenvalue weighted by Gasteiger charge is 2.12. The van der Waals surface area contributed by atoms with Crippen molar-refractivity contribution in [1.29, 1.82) is 0 Å². The van der Waals surface area contributed by atoms with Gasteiger partial charge in [0.25, 0.3) is 0 Å². The largest absolute Gasteiger partial charge is 1.00 e. The fraction of sp³-hybridized carbons (Fsp3) is 0.708. The van der Waals surface area contributed by atoms with Gasteiger partial charge in [0.15, 0.2) is 0 Å². The van der Waals surface area contributed by atoms with Crippen LogP contribution in [0.15, 0.2) is 29.3 Å². The minimum atomic E-state index is 0. The first-order valence-electron chi connectivity index (χ1n) is 11.6. The number of rotatable bonds is 16. The number of aliphatic imine (C=N–C) groups is 1. The zero-order chi connectivity index (χ0) is 19.0. The summed E-state index contributed by atoms with van der Waals surface area (Å²) in [5, 5.41) is 2.47. The van der Waals surface area contributed by atoms with Gasteiger partial charge in [-0.15, -0.1) is 0 Å². The van der Waals surface area contributed by atoms with Gasteiger partial charge in [-0.1, -0.05) is 89.3 Å². The average molecular weight is 408 g/mol. The van der Waals surface area contributed by atoms with E-state index in [4.69, 9.17) is 0 Å². The molecule has 0 bridgehead atoms. The molecule has 2 rings (SSSR count). The Hall–Kier alpha value is -1.06. The number of nitrogens with two attached hydrogens (primary N) is 1. The topological polar surface area (TPSA) is 32.2 Å². The molecule has 0 radical (unpaired) electrons. The Morgan fingerprint density at radius 3 is 2.07 bits per heavy atom. The Bertz CT molecular complexity index is 518. The smallest absolute Gasteiger partial charge is 0.103 e. The second kappa shape index (κ2) is 16.9. The maximum atomic E-state index is 4.35. The van der Waals surface area contributed by atoms with E-state index in [1.807, 2.05) is 6.34 Å². The lowest BCUT2D eigenvalue weighted by atomic mass is 10.1. The summed E-state index contributed by atoms with van der Waals surface area (Å²) < 4.78 is 0. The van der Waals surface area contributed by atoms with E-state index in [2.05, 4.69) is 46.4 Å². The maximum Gasteiger partial charge on any atom is 0.103 e. The maximum absolute atomic E-state index is 4.35. The molecule has 0 atom stereocenters. The molecule has 1 aromatic rings. The summed E-state index contributed by atoms with van der Waals surface area (Å²) >= 11 is 0. The first-order chi connectivity index (χ1) is 13.4. The minimum absolute atomic E-state index is 0. The summed E-state index contributed by atoms with van der Waals surface area (Å²) in [7, 11) is 0. The zero-order valence-electron chi connectivity index (χ0n) is 18.1. The summed E-state index contributed by atoms with van der Waals surface area (Å²) in [6, 6.07) is 8.78. The third kappa shape index (κ3) is 10.5.